The topological polar surface area (TPSA) is 105 Å². The van der Waals surface area contributed by atoms with E-state index in [0.717, 1.165) is 32.1 Å². The fourth-order valence-corrected chi connectivity index (χ4v) is 34.9. The molecule has 0 amide bonds. The van der Waals surface area contributed by atoms with Crippen LogP contribution in [0.25, 0.3) is 0 Å². The van der Waals surface area contributed by atoms with Crippen molar-refractivity contribution in [1.29, 1.82) is 0 Å². The van der Waals surface area contributed by atoms with Crippen LogP contribution >= 0.6 is 63.7 Å². The van der Waals surface area contributed by atoms with Crippen molar-refractivity contribution < 1.29 is 38.1 Å². The van der Waals surface area contributed by atoms with Gasteiger partial charge in [0.1, 0.15) is 26.4 Å². The second-order valence-electron chi connectivity index (χ2n) is 30.0. The molecule has 0 heterocycles. The van der Waals surface area contributed by atoms with Crippen molar-refractivity contribution in [3.63, 3.8) is 0 Å². The van der Waals surface area contributed by atoms with E-state index in [-0.39, 0.29) is 53.8 Å². The van der Waals surface area contributed by atoms with Gasteiger partial charge in [-0.15, -0.1) is 0 Å². The van der Waals surface area contributed by atoms with Gasteiger partial charge in [-0.25, -0.2) is 0 Å². The zero-order valence-electron chi connectivity index (χ0n) is 41.3. The van der Waals surface area contributed by atoms with Crippen LogP contribution in [0.5, 0.6) is 0 Å². The van der Waals surface area contributed by atoms with Gasteiger partial charge >= 0.3 is 23.9 Å². The lowest BCUT2D eigenvalue weighted by atomic mass is 9.31. The molecule has 0 aromatic rings. The van der Waals surface area contributed by atoms with E-state index in [1.807, 2.05) is 0 Å². The summed E-state index contributed by atoms with van der Waals surface area (Å²) in [4.78, 5) is 64.9. The first-order valence-corrected chi connectivity index (χ1v) is 34.5. The van der Waals surface area contributed by atoms with Gasteiger partial charge in [0.05, 0.1) is 0 Å². The minimum atomic E-state index is -1.29. The summed E-state index contributed by atoms with van der Waals surface area (Å²) in [6.45, 7) is 1.14. The van der Waals surface area contributed by atoms with Gasteiger partial charge in [-0.05, 0) is 229 Å². The van der Waals surface area contributed by atoms with E-state index in [1.165, 1.54) is 25.7 Å². The molecule has 34 atom stereocenters. The van der Waals surface area contributed by atoms with E-state index >= 15 is 19.2 Å². The summed E-state index contributed by atoms with van der Waals surface area (Å²) in [6, 6.07) is 0. The Morgan fingerprint density at radius 1 is 0.507 bits per heavy atom. The largest absolute Gasteiger partial charge is 0.464 e. The number of halogens is 4. The van der Waals surface area contributed by atoms with E-state index < -0.39 is 27.1 Å². The third-order valence-electron chi connectivity index (χ3n) is 31.7. The van der Waals surface area contributed by atoms with Crippen LogP contribution in [0.2, 0.25) is 0 Å². The maximum absolute atomic E-state index is 16.3. The van der Waals surface area contributed by atoms with Crippen molar-refractivity contribution in [3.8, 4) is 0 Å². The third-order valence-corrected chi connectivity index (χ3v) is 33.0. The Labute approximate surface area is 461 Å². The molecule has 21 aliphatic carbocycles. The first kappa shape index (κ1) is 43.1. The summed E-state index contributed by atoms with van der Waals surface area (Å²) in [7, 11) is 0. The van der Waals surface area contributed by atoms with Crippen LogP contribution in [-0.4, -0.2) is 71.6 Å². The second kappa shape index (κ2) is 12.6. The maximum Gasteiger partial charge on any atom is 0.324 e. The van der Waals surface area contributed by atoms with Crippen LogP contribution in [0.1, 0.15) is 57.8 Å². The van der Waals surface area contributed by atoms with Crippen LogP contribution < -0.4 is 0 Å². The lowest BCUT2D eigenvalue weighted by molar-refractivity contribution is -0.250. The quantitative estimate of drug-likeness (QED) is 0.0626. The molecule has 4 spiro atoms. The van der Waals surface area contributed by atoms with Gasteiger partial charge in [0, 0.05) is 48.4 Å². The van der Waals surface area contributed by atoms with E-state index in [9.17, 15) is 0 Å². The highest BCUT2D eigenvalue weighted by Crippen LogP contribution is 3.11. The summed E-state index contributed by atoms with van der Waals surface area (Å²) < 4.78 is 26.6. The van der Waals surface area contributed by atoms with Gasteiger partial charge in [0.25, 0.3) is 0 Å². The van der Waals surface area contributed by atoms with Gasteiger partial charge in [-0.1, -0.05) is 87.5 Å². The van der Waals surface area contributed by atoms with Gasteiger partial charge in [0.2, 0.25) is 0 Å². The van der Waals surface area contributed by atoms with Gasteiger partial charge in [-0.3, -0.25) is 19.2 Å². The monoisotopic (exact) mass is 1240 g/mol. The molecule has 19 fully saturated rings. The molecule has 0 radical (unpaired) electrons. The van der Waals surface area contributed by atoms with Crippen molar-refractivity contribution >= 4 is 87.6 Å². The normalized spacial score (nSPS) is 65.8. The molecule has 0 aromatic heterocycles. The molecule has 0 aliphatic heterocycles. The first-order chi connectivity index (χ1) is 35.7. The summed E-state index contributed by atoms with van der Waals surface area (Å²) in [6.07, 6.45) is 19.0. The third kappa shape index (κ3) is 3.38. The van der Waals surface area contributed by atoms with Crippen LogP contribution in [0.3, 0.4) is 0 Å². The van der Waals surface area contributed by atoms with Crippen molar-refractivity contribution in [2.75, 3.05) is 47.7 Å². The molecular weight excluding hydrogens is 1180 g/mol. The highest BCUT2D eigenvalue weighted by molar-refractivity contribution is 9.09. The fraction of sp³-hybridized carbons (Fsp3) is 0.869. The molecule has 8 nitrogen and oxygen atoms in total. The molecule has 21 aliphatic rings. The average Bonchev–Trinajstić information content (AvgIpc) is 2.11. The lowest BCUT2D eigenvalue weighted by Gasteiger charge is -2.72. The first-order valence-electron chi connectivity index (χ1n) is 30.0. The average molecular weight is 1250 g/mol. The minimum Gasteiger partial charge on any atom is -0.464 e. The van der Waals surface area contributed by atoms with Crippen LogP contribution in [0.15, 0.2) is 23.8 Å². The van der Waals surface area contributed by atoms with Crippen LogP contribution in [0, 0.1) is 210 Å². The SMILES string of the molecule is O=C(OCCBr)C1(C(=O)OCCBr)C23CCC4CC5CC6C=CC78CC9CC%10=CC%11CC%12CCC2C2C%12C%12C%11C%11C%13C%14C%12C2C2C%12C%14C%14C(C5C%12C4C213)C6C7C%14C%13C1(C%10%11)C(C(=O)OCCBr)(C(=O)OCCBr)C981. The molecule has 12 heteroatoms. The highest BCUT2D eigenvalue weighted by Gasteiger charge is 3.14. The molecule has 73 heavy (non-hydrogen) atoms. The number of hydrogen-bond acceptors (Lipinski definition) is 8. The van der Waals surface area contributed by atoms with Crippen molar-refractivity contribution in [2.45, 2.75) is 57.8 Å². The molecular formula is C61H66Br4O8. The highest BCUT2D eigenvalue weighted by atomic mass is 79.9. The molecule has 34 unspecified atom stereocenters. The summed E-state index contributed by atoms with van der Waals surface area (Å²) >= 11 is 14.7. The van der Waals surface area contributed by atoms with Crippen LogP contribution in [-0.2, 0) is 38.1 Å². The number of rotatable bonds is 12. The Balaban J connectivity index is 0.887. The van der Waals surface area contributed by atoms with Crippen LogP contribution in [0.4, 0.5) is 0 Å². The molecule has 0 aromatic carbocycles. The number of carbonyl (C=O) groups excluding carboxylic acids is 4. The van der Waals surface area contributed by atoms with E-state index in [2.05, 4.69) is 81.9 Å². The fourth-order valence-electron chi connectivity index (χ4n) is 34.3. The summed E-state index contributed by atoms with van der Waals surface area (Å²) in [5.74, 6) is 14.5. The van der Waals surface area contributed by atoms with E-state index in [1.54, 1.807) is 5.57 Å². The number of esters is 4. The predicted molar refractivity (Wildman–Crippen MR) is 276 cm³/mol. The maximum atomic E-state index is 16.3. The standard InChI is InChI=1S/C61H66Br4O8/c62-7-11-70-51(66)59(52(67)71-12-8-63)56-6-4-23-17-24-16-22-3-5-55-20-27-19-26-18-25-15-21-1-2-28(56)33-29(21)34-30(25)41-44-37-36(34)42(33)49-43-38(37)39-35(31(24)40(43)46(23)57(49,56)59)32(22)48(55)45(39)50(44)58(47(26)41)60(61(27,55)58,53(68)72-13-9-64)54(69)73-14-10-65/h3,5,18,21-25,27-50H,1-2,4,6-17,19-20H2. The van der Waals surface area contributed by atoms with Crippen molar-refractivity contribution in [2.24, 2.45) is 210 Å². The molecule has 0 bridgehead atoms. The predicted octanol–water partition coefficient (Wildman–Crippen LogP) is 9.79. The van der Waals surface area contributed by atoms with E-state index in [4.69, 9.17) is 18.9 Å². The summed E-state index contributed by atoms with van der Waals surface area (Å²) in [5.41, 5.74) is -2.74. The molecule has 19 saturated carbocycles. The smallest absolute Gasteiger partial charge is 0.324 e. The molecule has 386 valence electrons. The van der Waals surface area contributed by atoms with Crippen molar-refractivity contribution in [3.05, 3.63) is 23.8 Å². The summed E-state index contributed by atoms with van der Waals surface area (Å²) in [5, 5.41) is 2.27. The Bertz CT molecular complexity index is 2810. The zero-order chi connectivity index (χ0) is 48.1. The number of alkyl halides is 4. The Morgan fingerprint density at radius 2 is 1.08 bits per heavy atom. The zero-order valence-corrected chi connectivity index (χ0v) is 47.6. The number of ether oxygens (including phenoxy) is 4. The second-order valence-corrected chi connectivity index (χ2v) is 33.2. The molecule has 0 saturated heterocycles. The van der Waals surface area contributed by atoms with E-state index in [0.29, 0.717) is 200 Å². The van der Waals surface area contributed by atoms with Gasteiger partial charge in [0.15, 0.2) is 10.8 Å². The van der Waals surface area contributed by atoms with Crippen molar-refractivity contribution in [1.82, 2.24) is 0 Å². The molecule has 0 N–H and O–H groups in total. The lowest BCUT2D eigenvalue weighted by Crippen LogP contribution is -2.69. The van der Waals surface area contributed by atoms with Gasteiger partial charge in [-0.2, -0.15) is 0 Å². The number of hydrogen-bond donors (Lipinski definition) is 0. The number of carbonyl (C=O) groups is 4. The Kier molecular flexibility index (Phi) is 7.43. The number of allylic oxidation sites excluding steroid dienone is 4. The van der Waals surface area contributed by atoms with Gasteiger partial charge < -0.3 is 18.9 Å². The Hall–Kier alpha value is -0.720. The molecule has 21 rings (SSSR count). The minimum absolute atomic E-state index is 0.191. The Morgan fingerprint density at radius 3 is 1.78 bits per heavy atom.